The summed E-state index contributed by atoms with van der Waals surface area (Å²) in [5.74, 6) is 0.392. The number of anilines is 1. The average molecular weight is 436 g/mol. The van der Waals surface area contributed by atoms with Gasteiger partial charge in [0.2, 0.25) is 10.0 Å². The first kappa shape index (κ1) is 22.4. The second-order valence-corrected chi connectivity index (χ2v) is 9.78. The molecule has 164 valence electrons. The van der Waals surface area contributed by atoms with Crippen molar-refractivity contribution in [3.8, 4) is 5.69 Å². The van der Waals surface area contributed by atoms with E-state index in [1.165, 1.54) is 30.8 Å². The first-order valence-corrected chi connectivity index (χ1v) is 11.4. The second kappa shape index (κ2) is 9.25. The summed E-state index contributed by atoms with van der Waals surface area (Å²) in [6, 6.07) is 6.25. The predicted molar refractivity (Wildman–Crippen MR) is 116 cm³/mol. The number of hydrogen-bond acceptors (Lipinski definition) is 7. The lowest BCUT2D eigenvalue weighted by Gasteiger charge is -2.33. The highest BCUT2D eigenvalue weighted by Gasteiger charge is 2.21. The lowest BCUT2D eigenvalue weighted by Crippen LogP contribution is -2.47. The van der Waals surface area contributed by atoms with Crippen LogP contribution in [0.3, 0.4) is 0 Å². The van der Waals surface area contributed by atoms with Gasteiger partial charge in [0.1, 0.15) is 0 Å². The van der Waals surface area contributed by atoms with Gasteiger partial charge in [-0.25, -0.2) is 17.7 Å². The van der Waals surface area contributed by atoms with E-state index in [0.29, 0.717) is 43.1 Å². The molecule has 1 aromatic heterocycles. The molecule has 9 nitrogen and oxygen atoms in total. The van der Waals surface area contributed by atoms with Crippen LogP contribution in [0.2, 0.25) is 0 Å². The van der Waals surface area contributed by atoms with E-state index in [0.717, 1.165) is 17.4 Å². The van der Waals surface area contributed by atoms with Crippen molar-refractivity contribution in [2.75, 3.05) is 58.8 Å². The minimum Gasteiger partial charge on any atom is -0.396 e. The molecule has 2 aromatic rings. The number of nitrogens with zero attached hydrogens (tertiary/aromatic N) is 5. The molecule has 10 heteroatoms. The van der Waals surface area contributed by atoms with Crippen molar-refractivity contribution in [1.29, 1.82) is 0 Å². The normalized spacial score (nSPS) is 15.7. The quantitative estimate of drug-likeness (QED) is 0.661. The third kappa shape index (κ3) is 4.72. The molecule has 1 aliphatic rings. The summed E-state index contributed by atoms with van der Waals surface area (Å²) in [4.78, 5) is 22.2. The van der Waals surface area contributed by atoms with Gasteiger partial charge in [-0.2, -0.15) is 0 Å². The molecule has 1 N–H and O–H groups in total. The highest BCUT2D eigenvalue weighted by atomic mass is 32.2. The van der Waals surface area contributed by atoms with Crippen LogP contribution in [0.15, 0.2) is 40.2 Å². The molecule has 0 aliphatic carbocycles. The summed E-state index contributed by atoms with van der Waals surface area (Å²) >= 11 is 0. The van der Waals surface area contributed by atoms with Gasteiger partial charge in [-0.05, 0) is 44.2 Å². The van der Waals surface area contributed by atoms with Crippen LogP contribution in [0, 0.1) is 0 Å². The van der Waals surface area contributed by atoms with Gasteiger partial charge in [-0.1, -0.05) is 0 Å². The summed E-state index contributed by atoms with van der Waals surface area (Å²) in [6.45, 7) is 3.16. The molecule has 0 saturated carbocycles. The number of aryl methyl sites for hydroxylation is 1. The van der Waals surface area contributed by atoms with Crippen LogP contribution >= 0.6 is 0 Å². The number of rotatable bonds is 7. The van der Waals surface area contributed by atoms with Crippen molar-refractivity contribution in [3.63, 3.8) is 0 Å². The zero-order valence-electron chi connectivity index (χ0n) is 17.7. The largest absolute Gasteiger partial charge is 0.396 e. The van der Waals surface area contributed by atoms with Crippen molar-refractivity contribution < 1.29 is 13.5 Å². The van der Waals surface area contributed by atoms with Crippen molar-refractivity contribution in [1.82, 2.24) is 18.8 Å². The maximum Gasteiger partial charge on any atom is 0.298 e. The number of piperazine rings is 1. The van der Waals surface area contributed by atoms with E-state index in [1.54, 1.807) is 18.3 Å². The van der Waals surface area contributed by atoms with Crippen molar-refractivity contribution >= 4 is 15.8 Å². The van der Waals surface area contributed by atoms with E-state index in [1.807, 2.05) is 11.9 Å². The van der Waals surface area contributed by atoms with Crippen LogP contribution in [0.1, 0.15) is 12.1 Å². The van der Waals surface area contributed by atoms with Crippen LogP contribution in [-0.2, 0) is 16.4 Å². The molecular weight excluding hydrogens is 406 g/mol. The number of aromatic nitrogens is 2. The van der Waals surface area contributed by atoms with E-state index in [4.69, 9.17) is 0 Å². The molecule has 0 bridgehead atoms. The molecule has 0 amide bonds. The van der Waals surface area contributed by atoms with Gasteiger partial charge in [0.25, 0.3) is 5.56 Å². The maximum absolute atomic E-state index is 13.2. The Morgan fingerprint density at radius 1 is 1.10 bits per heavy atom. The van der Waals surface area contributed by atoms with Gasteiger partial charge >= 0.3 is 0 Å². The Balaban J connectivity index is 2.03. The van der Waals surface area contributed by atoms with Gasteiger partial charge in [-0.15, -0.1) is 0 Å². The third-order valence-electron chi connectivity index (χ3n) is 5.23. The Hall–Kier alpha value is -2.27. The van der Waals surface area contributed by atoms with Gasteiger partial charge < -0.3 is 14.9 Å². The van der Waals surface area contributed by atoms with E-state index in [-0.39, 0.29) is 17.1 Å². The smallest absolute Gasteiger partial charge is 0.298 e. The van der Waals surface area contributed by atoms with E-state index in [2.05, 4.69) is 9.88 Å². The number of aliphatic hydroxyl groups excluding tert-OH is 1. The Kier molecular flexibility index (Phi) is 6.91. The topological polar surface area (TPSA) is 99.0 Å². The zero-order valence-corrected chi connectivity index (χ0v) is 18.5. The lowest BCUT2D eigenvalue weighted by molar-refractivity contribution is 0.288. The van der Waals surface area contributed by atoms with Crippen molar-refractivity contribution in [3.05, 3.63) is 46.5 Å². The zero-order chi connectivity index (χ0) is 21.9. The van der Waals surface area contributed by atoms with Crippen molar-refractivity contribution in [2.45, 2.75) is 17.7 Å². The van der Waals surface area contributed by atoms with E-state index in [9.17, 15) is 18.3 Å². The lowest BCUT2D eigenvalue weighted by atomic mass is 10.2. The number of sulfonamides is 1. The fourth-order valence-electron chi connectivity index (χ4n) is 3.31. The molecule has 0 unspecified atom stereocenters. The Labute approximate surface area is 177 Å². The second-order valence-electron chi connectivity index (χ2n) is 7.63. The number of aliphatic hydroxyl groups is 1. The van der Waals surface area contributed by atoms with Crippen LogP contribution in [0.4, 0.5) is 5.82 Å². The van der Waals surface area contributed by atoms with E-state index >= 15 is 0 Å². The first-order chi connectivity index (χ1) is 14.2. The monoisotopic (exact) mass is 435 g/mol. The summed E-state index contributed by atoms with van der Waals surface area (Å²) < 4.78 is 27.3. The molecular formula is C20H29N5O4S. The molecule has 2 heterocycles. The molecule has 30 heavy (non-hydrogen) atoms. The summed E-state index contributed by atoms with van der Waals surface area (Å²) in [6.07, 6.45) is 2.77. The summed E-state index contributed by atoms with van der Waals surface area (Å²) in [5, 5.41) is 9.19. The average Bonchev–Trinajstić information content (AvgIpc) is 2.73. The highest BCUT2D eigenvalue weighted by Crippen LogP contribution is 2.18. The van der Waals surface area contributed by atoms with E-state index < -0.39 is 10.0 Å². The molecule has 1 aromatic carbocycles. The van der Waals surface area contributed by atoms with Crippen LogP contribution in [0.25, 0.3) is 5.69 Å². The highest BCUT2D eigenvalue weighted by molar-refractivity contribution is 7.89. The van der Waals surface area contributed by atoms with Crippen molar-refractivity contribution in [2.24, 2.45) is 0 Å². The number of hydrogen-bond donors (Lipinski definition) is 1. The van der Waals surface area contributed by atoms with Gasteiger partial charge in [0.15, 0.2) is 5.82 Å². The number of likely N-dealkylation sites (N-methyl/N-ethyl adjacent to an activating group) is 1. The SMILES string of the molecule is CN1CCN(c2nc(CCCO)cn(-c3ccc(S(=O)(=O)N(C)C)cc3)c2=O)CC1. The molecule has 3 rings (SSSR count). The Morgan fingerprint density at radius 2 is 1.73 bits per heavy atom. The maximum atomic E-state index is 13.2. The standard InChI is InChI=1S/C20H29N5O4S/c1-22(2)30(28,29)18-8-6-17(7-9-18)25-15-16(5-4-14-26)21-19(20(25)27)24-12-10-23(3)11-13-24/h6-9,15,26H,4-5,10-14H2,1-3H3. The number of benzene rings is 1. The van der Waals surface area contributed by atoms with Crippen LogP contribution in [-0.4, -0.2) is 86.2 Å². The predicted octanol–water partition coefficient (Wildman–Crippen LogP) is 0.160. The van der Waals surface area contributed by atoms with Gasteiger partial charge in [0.05, 0.1) is 10.6 Å². The first-order valence-electron chi connectivity index (χ1n) is 9.94. The minimum atomic E-state index is -3.54. The molecule has 1 fully saturated rings. The molecule has 0 spiro atoms. The summed E-state index contributed by atoms with van der Waals surface area (Å²) in [5.41, 5.74) is 1.04. The van der Waals surface area contributed by atoms with Gasteiger partial charge in [-0.3, -0.25) is 9.36 Å². The van der Waals surface area contributed by atoms with Crippen LogP contribution in [0.5, 0.6) is 0 Å². The fraction of sp³-hybridized carbons (Fsp3) is 0.500. The van der Waals surface area contributed by atoms with Crippen LogP contribution < -0.4 is 10.5 Å². The minimum absolute atomic E-state index is 0.0434. The Bertz CT molecular complexity index is 1030. The molecule has 1 saturated heterocycles. The third-order valence-corrected chi connectivity index (χ3v) is 7.05. The molecule has 0 atom stereocenters. The molecule has 0 radical (unpaired) electrons. The molecule has 1 aliphatic heterocycles. The Morgan fingerprint density at radius 3 is 2.30 bits per heavy atom. The summed E-state index contributed by atoms with van der Waals surface area (Å²) in [7, 11) is 1.46. The fourth-order valence-corrected chi connectivity index (χ4v) is 4.22. The van der Waals surface area contributed by atoms with Gasteiger partial charge in [0, 0.05) is 58.8 Å².